The number of ether oxygens (including phenoxy) is 1. The van der Waals surface area contributed by atoms with Crippen molar-refractivity contribution in [3.05, 3.63) is 0 Å². The second-order valence-electron chi connectivity index (χ2n) is 5.65. The van der Waals surface area contributed by atoms with Crippen LogP contribution in [0.25, 0.3) is 0 Å². The molecule has 1 fully saturated rings. The van der Waals surface area contributed by atoms with Gasteiger partial charge in [-0.3, -0.25) is 0 Å². The molecule has 1 N–H and O–H groups in total. The first-order chi connectivity index (χ1) is 8.14. The zero-order chi connectivity index (χ0) is 12.6. The summed E-state index contributed by atoms with van der Waals surface area (Å²) in [7, 11) is 0. The minimum atomic E-state index is 0.115. The molecule has 0 bridgehead atoms. The molecule has 17 heavy (non-hydrogen) atoms. The second kappa shape index (κ2) is 8.39. The Kier molecular flexibility index (Phi) is 7.56. The molecule has 0 aromatic carbocycles. The maximum absolute atomic E-state index is 5.94. The molecule has 0 aromatic heterocycles. The van der Waals surface area contributed by atoms with Crippen molar-refractivity contribution in [2.75, 3.05) is 25.1 Å². The average Bonchev–Trinajstić information content (AvgIpc) is 2.62. The van der Waals surface area contributed by atoms with Crippen LogP contribution in [0.4, 0.5) is 0 Å². The predicted molar refractivity (Wildman–Crippen MR) is 77.9 cm³/mol. The van der Waals surface area contributed by atoms with E-state index < -0.39 is 0 Å². The van der Waals surface area contributed by atoms with Gasteiger partial charge >= 0.3 is 0 Å². The third kappa shape index (κ3) is 7.32. The quantitative estimate of drug-likeness (QED) is 0.641. The fourth-order valence-corrected chi connectivity index (χ4v) is 2.83. The minimum Gasteiger partial charge on any atom is -0.371 e. The van der Waals surface area contributed by atoms with Crippen molar-refractivity contribution in [2.24, 2.45) is 0 Å². The summed E-state index contributed by atoms with van der Waals surface area (Å²) in [6.45, 7) is 6.57. The molecular weight excluding hydrogens is 230 g/mol. The van der Waals surface area contributed by atoms with Crippen LogP contribution in [0.3, 0.4) is 0 Å². The molecule has 0 spiro atoms. The fourth-order valence-electron chi connectivity index (χ4n) is 2.33. The van der Waals surface area contributed by atoms with E-state index in [1.807, 2.05) is 11.8 Å². The van der Waals surface area contributed by atoms with Gasteiger partial charge in [-0.15, -0.1) is 0 Å². The van der Waals surface area contributed by atoms with Crippen LogP contribution in [0.15, 0.2) is 0 Å². The van der Waals surface area contributed by atoms with Gasteiger partial charge in [0.05, 0.1) is 11.7 Å². The van der Waals surface area contributed by atoms with Gasteiger partial charge in [0.15, 0.2) is 0 Å². The van der Waals surface area contributed by atoms with Crippen molar-refractivity contribution in [1.29, 1.82) is 0 Å². The van der Waals surface area contributed by atoms with Gasteiger partial charge in [0.2, 0.25) is 0 Å². The molecule has 1 rings (SSSR count). The Morgan fingerprint density at radius 3 is 2.65 bits per heavy atom. The lowest BCUT2D eigenvalue weighted by Crippen LogP contribution is -2.29. The molecule has 2 nitrogen and oxygen atoms in total. The maximum Gasteiger partial charge on any atom is 0.0707 e. The first-order valence-electron chi connectivity index (χ1n) is 7.01. The number of nitrogens with one attached hydrogen (secondary N) is 1. The van der Waals surface area contributed by atoms with Gasteiger partial charge in [-0.25, -0.2) is 0 Å². The maximum atomic E-state index is 5.94. The van der Waals surface area contributed by atoms with Gasteiger partial charge < -0.3 is 10.1 Å². The van der Waals surface area contributed by atoms with Crippen molar-refractivity contribution in [3.63, 3.8) is 0 Å². The number of hydrogen-bond acceptors (Lipinski definition) is 3. The molecule has 3 heteroatoms. The summed E-state index contributed by atoms with van der Waals surface area (Å²) >= 11 is 1.95. The largest absolute Gasteiger partial charge is 0.371 e. The number of thioether (sulfide) groups is 1. The highest BCUT2D eigenvalue weighted by Gasteiger charge is 2.30. The third-order valence-electron chi connectivity index (χ3n) is 3.38. The molecule has 0 aliphatic carbocycles. The van der Waals surface area contributed by atoms with E-state index in [1.165, 1.54) is 44.3 Å². The van der Waals surface area contributed by atoms with Gasteiger partial charge in [0.1, 0.15) is 0 Å². The molecule has 1 atom stereocenters. The van der Waals surface area contributed by atoms with Crippen LogP contribution < -0.4 is 5.32 Å². The smallest absolute Gasteiger partial charge is 0.0707 e. The van der Waals surface area contributed by atoms with E-state index in [1.54, 1.807) is 0 Å². The molecule has 102 valence electrons. The van der Waals surface area contributed by atoms with Crippen LogP contribution in [0, 0.1) is 0 Å². The normalized spacial score (nSPS) is 23.1. The average molecular weight is 259 g/mol. The van der Waals surface area contributed by atoms with Crippen molar-refractivity contribution in [2.45, 2.75) is 64.1 Å². The zero-order valence-electron chi connectivity index (χ0n) is 11.8. The number of hydrogen-bond donors (Lipinski definition) is 1. The van der Waals surface area contributed by atoms with Gasteiger partial charge in [-0.1, -0.05) is 12.8 Å². The van der Waals surface area contributed by atoms with Crippen LogP contribution in [0.2, 0.25) is 0 Å². The molecule has 1 unspecified atom stereocenters. The van der Waals surface area contributed by atoms with E-state index in [0.717, 1.165) is 13.1 Å². The fraction of sp³-hybridized carbons (Fsp3) is 1.00. The monoisotopic (exact) mass is 259 g/mol. The van der Waals surface area contributed by atoms with E-state index in [4.69, 9.17) is 4.74 Å². The summed E-state index contributed by atoms with van der Waals surface area (Å²) in [4.78, 5) is 0. The Labute approximate surface area is 111 Å². The lowest BCUT2D eigenvalue weighted by molar-refractivity contribution is -0.0141. The molecule has 0 aromatic rings. The van der Waals surface area contributed by atoms with Gasteiger partial charge in [0, 0.05) is 6.54 Å². The third-order valence-corrected chi connectivity index (χ3v) is 4.08. The Hall–Kier alpha value is 0.270. The molecule has 0 radical (unpaired) electrons. The van der Waals surface area contributed by atoms with Crippen LogP contribution >= 0.6 is 11.8 Å². The first kappa shape index (κ1) is 15.3. The van der Waals surface area contributed by atoms with Crippen LogP contribution in [-0.4, -0.2) is 36.8 Å². The van der Waals surface area contributed by atoms with Crippen LogP contribution in [0.5, 0.6) is 0 Å². The molecular formula is C14H29NOS. The molecule has 0 saturated carbocycles. The summed E-state index contributed by atoms with van der Waals surface area (Å²) in [6, 6.07) is 0. The standard InChI is InChI=1S/C14H29NOS/c1-14(2)9-8-13(16-14)12-15-10-6-4-5-7-11-17-3/h13,15H,4-12H2,1-3H3. The Bertz CT molecular complexity index is 197. The second-order valence-corrected chi connectivity index (χ2v) is 6.63. The van der Waals surface area contributed by atoms with Gasteiger partial charge in [0.25, 0.3) is 0 Å². The number of unbranched alkanes of at least 4 members (excludes halogenated alkanes) is 3. The summed E-state index contributed by atoms with van der Waals surface area (Å²) in [5.41, 5.74) is 0.115. The van der Waals surface area contributed by atoms with E-state index in [9.17, 15) is 0 Å². The van der Waals surface area contributed by atoms with Gasteiger partial charge in [-0.2, -0.15) is 11.8 Å². The van der Waals surface area contributed by atoms with Crippen molar-refractivity contribution >= 4 is 11.8 Å². The zero-order valence-corrected chi connectivity index (χ0v) is 12.6. The highest BCUT2D eigenvalue weighted by atomic mass is 32.2. The Morgan fingerprint density at radius 1 is 1.24 bits per heavy atom. The SMILES string of the molecule is CSCCCCCCNCC1CCC(C)(C)O1. The summed E-state index contributed by atoms with van der Waals surface area (Å²) in [5, 5.41) is 3.53. The van der Waals surface area contributed by atoms with Crippen molar-refractivity contribution in [1.82, 2.24) is 5.32 Å². The van der Waals surface area contributed by atoms with Crippen molar-refractivity contribution < 1.29 is 4.74 Å². The van der Waals surface area contributed by atoms with E-state index in [0.29, 0.717) is 6.10 Å². The molecule has 1 saturated heterocycles. The van der Waals surface area contributed by atoms with Crippen molar-refractivity contribution in [3.8, 4) is 0 Å². The molecule has 1 aliphatic heterocycles. The van der Waals surface area contributed by atoms with Crippen LogP contribution in [-0.2, 0) is 4.74 Å². The first-order valence-corrected chi connectivity index (χ1v) is 8.41. The Balaban J connectivity index is 1.85. The van der Waals surface area contributed by atoms with E-state index >= 15 is 0 Å². The van der Waals surface area contributed by atoms with E-state index in [-0.39, 0.29) is 5.60 Å². The lowest BCUT2D eigenvalue weighted by Gasteiger charge is -2.19. The topological polar surface area (TPSA) is 21.3 Å². The Morgan fingerprint density at radius 2 is 2.00 bits per heavy atom. The highest BCUT2D eigenvalue weighted by Crippen LogP contribution is 2.28. The van der Waals surface area contributed by atoms with E-state index in [2.05, 4.69) is 25.4 Å². The molecule has 1 aliphatic rings. The summed E-state index contributed by atoms with van der Waals surface area (Å²) < 4.78 is 5.94. The summed E-state index contributed by atoms with van der Waals surface area (Å²) in [5.74, 6) is 1.32. The predicted octanol–water partition coefficient (Wildman–Crippen LogP) is 3.46. The number of rotatable bonds is 9. The minimum absolute atomic E-state index is 0.115. The summed E-state index contributed by atoms with van der Waals surface area (Å²) in [6.07, 6.45) is 10.5. The molecule has 0 amide bonds. The van der Waals surface area contributed by atoms with Gasteiger partial charge in [-0.05, 0) is 58.1 Å². The molecule has 1 heterocycles. The van der Waals surface area contributed by atoms with Crippen LogP contribution in [0.1, 0.15) is 52.4 Å². The highest BCUT2D eigenvalue weighted by molar-refractivity contribution is 7.98. The lowest BCUT2D eigenvalue weighted by atomic mass is 10.1.